The van der Waals surface area contributed by atoms with E-state index in [1.807, 2.05) is 32.2 Å². The molecular formula is C12H15BrN4O2. The Balaban J connectivity index is 2.16. The molecule has 6 nitrogen and oxygen atoms in total. The van der Waals surface area contributed by atoms with Crippen molar-refractivity contribution in [1.29, 1.82) is 0 Å². The largest absolute Gasteiger partial charge is 0.497 e. The predicted octanol–water partition coefficient (Wildman–Crippen LogP) is 2.86. The van der Waals surface area contributed by atoms with Crippen molar-refractivity contribution in [3.63, 3.8) is 0 Å². The van der Waals surface area contributed by atoms with Crippen molar-refractivity contribution < 1.29 is 9.15 Å². The van der Waals surface area contributed by atoms with Gasteiger partial charge < -0.3 is 19.8 Å². The van der Waals surface area contributed by atoms with Crippen LogP contribution in [-0.2, 0) is 0 Å². The Labute approximate surface area is 119 Å². The van der Waals surface area contributed by atoms with Gasteiger partial charge in [-0.1, -0.05) is 21.0 Å². The third kappa shape index (κ3) is 3.45. The number of nitrogens with one attached hydrogen (secondary N) is 2. The molecule has 0 saturated carbocycles. The zero-order valence-electron chi connectivity index (χ0n) is 10.9. The number of methoxy groups -OCH3 is 1. The van der Waals surface area contributed by atoms with Crippen molar-refractivity contribution in [3.05, 3.63) is 28.6 Å². The predicted molar refractivity (Wildman–Crippen MR) is 75.7 cm³/mol. The van der Waals surface area contributed by atoms with Gasteiger partial charge >= 0.3 is 6.01 Å². The zero-order chi connectivity index (χ0) is 13.8. The first-order valence-electron chi connectivity index (χ1n) is 5.74. The van der Waals surface area contributed by atoms with Gasteiger partial charge in [0, 0.05) is 16.2 Å². The fourth-order valence-electron chi connectivity index (χ4n) is 1.46. The van der Waals surface area contributed by atoms with Crippen LogP contribution in [0.2, 0.25) is 0 Å². The molecule has 1 atom stereocenters. The summed E-state index contributed by atoms with van der Waals surface area (Å²) in [7, 11) is 3.45. The van der Waals surface area contributed by atoms with Crippen LogP contribution in [0.4, 0.5) is 11.7 Å². The lowest BCUT2D eigenvalue weighted by atomic mass is 10.3. The average molecular weight is 327 g/mol. The van der Waals surface area contributed by atoms with Gasteiger partial charge in [0.05, 0.1) is 13.2 Å². The molecule has 1 aromatic carbocycles. The molecule has 19 heavy (non-hydrogen) atoms. The van der Waals surface area contributed by atoms with Gasteiger partial charge in [0.25, 0.3) is 0 Å². The molecule has 0 fully saturated rings. The summed E-state index contributed by atoms with van der Waals surface area (Å²) in [5.74, 6) is 1.27. The quantitative estimate of drug-likeness (QED) is 0.880. The Bertz CT molecular complexity index is 558. The van der Waals surface area contributed by atoms with Crippen LogP contribution in [0.3, 0.4) is 0 Å². The first-order chi connectivity index (χ1) is 9.12. The third-order valence-electron chi connectivity index (χ3n) is 2.60. The maximum atomic E-state index is 5.50. The molecule has 102 valence electrons. The van der Waals surface area contributed by atoms with Crippen LogP contribution in [0.5, 0.6) is 5.75 Å². The number of aromatic nitrogens is 2. The van der Waals surface area contributed by atoms with E-state index in [2.05, 4.69) is 36.8 Å². The highest BCUT2D eigenvalue weighted by Crippen LogP contribution is 2.26. The second-order valence-corrected chi connectivity index (χ2v) is 4.88. The van der Waals surface area contributed by atoms with E-state index >= 15 is 0 Å². The number of rotatable bonds is 5. The molecule has 0 spiro atoms. The number of benzene rings is 1. The Hall–Kier alpha value is -1.60. The molecule has 2 N–H and O–H groups in total. The molecule has 0 aliphatic heterocycles. The van der Waals surface area contributed by atoms with Crippen LogP contribution in [0, 0.1) is 0 Å². The fourth-order valence-corrected chi connectivity index (χ4v) is 1.93. The first kappa shape index (κ1) is 13.8. The molecule has 2 aromatic rings. The summed E-state index contributed by atoms with van der Waals surface area (Å²) in [5, 5.41) is 14.0. The van der Waals surface area contributed by atoms with E-state index in [9.17, 15) is 0 Å². The first-order valence-corrected chi connectivity index (χ1v) is 6.54. The third-order valence-corrected chi connectivity index (χ3v) is 3.06. The van der Waals surface area contributed by atoms with E-state index in [1.54, 1.807) is 7.11 Å². The Morgan fingerprint density at radius 2 is 2.11 bits per heavy atom. The van der Waals surface area contributed by atoms with Gasteiger partial charge in [-0.05, 0) is 26.1 Å². The summed E-state index contributed by atoms with van der Waals surface area (Å²) in [6, 6.07) is 5.97. The van der Waals surface area contributed by atoms with Gasteiger partial charge in [-0.2, -0.15) is 0 Å². The van der Waals surface area contributed by atoms with Gasteiger partial charge in [0.1, 0.15) is 5.75 Å². The number of halogens is 1. The topological polar surface area (TPSA) is 72.2 Å². The summed E-state index contributed by atoms with van der Waals surface area (Å²) >= 11 is 3.41. The van der Waals surface area contributed by atoms with E-state index in [4.69, 9.17) is 9.15 Å². The number of hydrogen-bond donors (Lipinski definition) is 2. The fraction of sp³-hybridized carbons (Fsp3) is 0.333. The minimum Gasteiger partial charge on any atom is -0.497 e. The van der Waals surface area contributed by atoms with E-state index in [0.717, 1.165) is 15.9 Å². The van der Waals surface area contributed by atoms with E-state index in [-0.39, 0.29) is 6.04 Å². The van der Waals surface area contributed by atoms with Crippen molar-refractivity contribution in [3.8, 4) is 5.75 Å². The zero-order valence-corrected chi connectivity index (χ0v) is 12.5. The molecular weight excluding hydrogens is 312 g/mol. The van der Waals surface area contributed by atoms with Crippen molar-refractivity contribution >= 4 is 27.6 Å². The van der Waals surface area contributed by atoms with Gasteiger partial charge in [0.15, 0.2) is 0 Å². The molecule has 0 radical (unpaired) electrons. The standard InChI is InChI=1S/C12H15BrN4O2/c1-7(14-2)11-16-17-12(19-11)15-9-4-8(13)5-10(6-9)18-3/h4-7,14H,1-3H3,(H,15,17). The van der Waals surface area contributed by atoms with E-state index in [1.165, 1.54) is 0 Å². The Morgan fingerprint density at radius 3 is 2.79 bits per heavy atom. The lowest BCUT2D eigenvalue weighted by Gasteiger charge is -2.06. The molecule has 0 saturated heterocycles. The summed E-state index contributed by atoms with van der Waals surface area (Å²) in [4.78, 5) is 0. The second kappa shape index (κ2) is 6.03. The van der Waals surface area contributed by atoms with Gasteiger partial charge in [-0.25, -0.2) is 0 Å². The van der Waals surface area contributed by atoms with Crippen LogP contribution >= 0.6 is 15.9 Å². The van der Waals surface area contributed by atoms with Gasteiger partial charge in [-0.15, -0.1) is 5.10 Å². The smallest absolute Gasteiger partial charge is 0.320 e. The van der Waals surface area contributed by atoms with Gasteiger partial charge in [-0.3, -0.25) is 0 Å². The van der Waals surface area contributed by atoms with Gasteiger partial charge in [0.2, 0.25) is 5.89 Å². The molecule has 0 bridgehead atoms. The Kier molecular flexibility index (Phi) is 4.39. The Morgan fingerprint density at radius 1 is 1.32 bits per heavy atom. The van der Waals surface area contributed by atoms with E-state index < -0.39 is 0 Å². The molecule has 0 amide bonds. The number of hydrogen-bond acceptors (Lipinski definition) is 6. The lowest BCUT2D eigenvalue weighted by molar-refractivity contribution is 0.414. The van der Waals surface area contributed by atoms with E-state index in [0.29, 0.717) is 11.9 Å². The van der Waals surface area contributed by atoms with Crippen molar-refractivity contribution in [2.24, 2.45) is 0 Å². The monoisotopic (exact) mass is 326 g/mol. The SMILES string of the molecule is CNC(C)c1nnc(Nc2cc(Br)cc(OC)c2)o1. The summed E-state index contributed by atoms with van der Waals surface area (Å²) in [6.45, 7) is 1.94. The summed E-state index contributed by atoms with van der Waals surface area (Å²) < 4.78 is 11.6. The minimum atomic E-state index is 0.0140. The van der Waals surface area contributed by atoms with Crippen LogP contribution in [0.15, 0.2) is 27.1 Å². The molecule has 1 heterocycles. The highest BCUT2D eigenvalue weighted by Gasteiger charge is 2.12. The van der Waals surface area contributed by atoms with Crippen molar-refractivity contribution in [2.75, 3.05) is 19.5 Å². The molecule has 1 aromatic heterocycles. The number of nitrogens with zero attached hydrogens (tertiary/aromatic N) is 2. The van der Waals surface area contributed by atoms with Crippen LogP contribution in [-0.4, -0.2) is 24.4 Å². The highest BCUT2D eigenvalue weighted by atomic mass is 79.9. The second-order valence-electron chi connectivity index (χ2n) is 3.96. The molecule has 1 unspecified atom stereocenters. The lowest BCUT2D eigenvalue weighted by Crippen LogP contribution is -2.12. The maximum absolute atomic E-state index is 5.50. The van der Waals surface area contributed by atoms with Crippen LogP contribution in [0.1, 0.15) is 18.9 Å². The molecule has 0 aliphatic rings. The highest BCUT2D eigenvalue weighted by molar-refractivity contribution is 9.10. The van der Waals surface area contributed by atoms with Crippen molar-refractivity contribution in [1.82, 2.24) is 15.5 Å². The van der Waals surface area contributed by atoms with Crippen molar-refractivity contribution in [2.45, 2.75) is 13.0 Å². The number of anilines is 2. The molecule has 7 heteroatoms. The van der Waals surface area contributed by atoms with Crippen LogP contribution in [0.25, 0.3) is 0 Å². The molecule has 2 rings (SSSR count). The average Bonchev–Trinajstić information content (AvgIpc) is 2.85. The summed E-state index contributed by atoms with van der Waals surface area (Å²) in [6.07, 6.45) is 0. The maximum Gasteiger partial charge on any atom is 0.320 e. The normalized spacial score (nSPS) is 12.2. The molecule has 0 aliphatic carbocycles. The minimum absolute atomic E-state index is 0.0140. The summed E-state index contributed by atoms with van der Waals surface area (Å²) in [5.41, 5.74) is 0.804. The van der Waals surface area contributed by atoms with Crippen LogP contribution < -0.4 is 15.4 Å². The number of ether oxygens (including phenoxy) is 1.